The average molecular weight is 249 g/mol. The van der Waals surface area contributed by atoms with Gasteiger partial charge in [-0.25, -0.2) is 0 Å². The van der Waals surface area contributed by atoms with Crippen LogP contribution in [-0.4, -0.2) is 13.2 Å². The molecule has 1 aliphatic carbocycles. The lowest BCUT2D eigenvalue weighted by Gasteiger charge is -2.32. The van der Waals surface area contributed by atoms with E-state index in [0.717, 1.165) is 36.2 Å². The molecule has 2 rings (SSSR count). The van der Waals surface area contributed by atoms with Crippen LogP contribution in [0, 0.1) is 11.8 Å². The maximum Gasteiger partial charge on any atom is 0.146 e. The van der Waals surface area contributed by atoms with Gasteiger partial charge >= 0.3 is 0 Å². The number of nitrogen functional groups attached to an aromatic ring is 1. The molecule has 0 bridgehead atoms. The molecule has 0 saturated heterocycles. The van der Waals surface area contributed by atoms with Crippen LogP contribution in [0.15, 0.2) is 18.2 Å². The predicted octanol–water partition coefficient (Wildman–Crippen LogP) is 3.48. The third-order valence-corrected chi connectivity index (χ3v) is 4.06. The normalized spacial score (nSPS) is 27.8. The Morgan fingerprint density at radius 3 is 2.61 bits per heavy atom. The summed E-state index contributed by atoms with van der Waals surface area (Å²) in [7, 11) is 1.65. The molecule has 3 heteroatoms. The van der Waals surface area contributed by atoms with Crippen LogP contribution in [0.4, 0.5) is 5.69 Å². The zero-order chi connectivity index (χ0) is 13.1. The van der Waals surface area contributed by atoms with Crippen molar-refractivity contribution in [2.45, 2.75) is 39.2 Å². The van der Waals surface area contributed by atoms with Crippen molar-refractivity contribution in [3.05, 3.63) is 18.2 Å². The van der Waals surface area contributed by atoms with E-state index in [9.17, 15) is 0 Å². The van der Waals surface area contributed by atoms with Crippen molar-refractivity contribution in [3.8, 4) is 11.5 Å². The van der Waals surface area contributed by atoms with Crippen molar-refractivity contribution < 1.29 is 9.47 Å². The van der Waals surface area contributed by atoms with Crippen molar-refractivity contribution in [1.82, 2.24) is 0 Å². The maximum absolute atomic E-state index is 6.04. The van der Waals surface area contributed by atoms with Gasteiger partial charge in [-0.1, -0.05) is 13.8 Å². The number of benzene rings is 1. The number of hydrogen-bond donors (Lipinski definition) is 1. The van der Waals surface area contributed by atoms with Crippen LogP contribution in [0.3, 0.4) is 0 Å². The van der Waals surface area contributed by atoms with Gasteiger partial charge in [0.25, 0.3) is 0 Å². The molecule has 0 amide bonds. The van der Waals surface area contributed by atoms with E-state index < -0.39 is 0 Å². The molecule has 3 unspecified atom stereocenters. The third-order valence-electron chi connectivity index (χ3n) is 4.06. The van der Waals surface area contributed by atoms with Gasteiger partial charge in [0.05, 0.1) is 18.9 Å². The molecule has 0 spiro atoms. The summed E-state index contributed by atoms with van der Waals surface area (Å²) in [6.07, 6.45) is 3.74. The van der Waals surface area contributed by atoms with Crippen molar-refractivity contribution >= 4 is 5.69 Å². The molecule has 1 fully saturated rings. The molecule has 1 aromatic rings. The smallest absolute Gasteiger partial charge is 0.146 e. The molecule has 0 aliphatic heterocycles. The molecule has 0 aromatic heterocycles. The Morgan fingerprint density at radius 1 is 1.17 bits per heavy atom. The molecular weight excluding hydrogens is 226 g/mol. The van der Waals surface area contributed by atoms with Gasteiger partial charge in [-0.05, 0) is 43.2 Å². The zero-order valence-corrected chi connectivity index (χ0v) is 11.5. The van der Waals surface area contributed by atoms with Crippen LogP contribution in [0.25, 0.3) is 0 Å². The number of rotatable bonds is 3. The lowest BCUT2D eigenvalue weighted by molar-refractivity contribution is 0.101. The Bertz CT molecular complexity index is 405. The van der Waals surface area contributed by atoms with E-state index >= 15 is 0 Å². The third kappa shape index (κ3) is 2.89. The van der Waals surface area contributed by atoms with E-state index in [4.69, 9.17) is 15.2 Å². The Kier molecular flexibility index (Phi) is 4.00. The molecule has 1 saturated carbocycles. The molecule has 3 atom stereocenters. The first-order valence-electron chi connectivity index (χ1n) is 6.70. The lowest BCUT2D eigenvalue weighted by atomic mass is 9.80. The molecule has 3 nitrogen and oxygen atoms in total. The molecule has 1 aromatic carbocycles. The predicted molar refractivity (Wildman–Crippen MR) is 74.0 cm³/mol. The van der Waals surface area contributed by atoms with E-state index in [1.165, 1.54) is 6.42 Å². The second-order valence-corrected chi connectivity index (χ2v) is 5.41. The van der Waals surface area contributed by atoms with Gasteiger partial charge in [0, 0.05) is 6.07 Å². The first-order valence-corrected chi connectivity index (χ1v) is 6.70. The van der Waals surface area contributed by atoms with Crippen LogP contribution < -0.4 is 15.2 Å². The van der Waals surface area contributed by atoms with E-state index in [2.05, 4.69) is 13.8 Å². The topological polar surface area (TPSA) is 44.5 Å². The summed E-state index contributed by atoms with van der Waals surface area (Å²) in [5.41, 5.74) is 6.63. The van der Waals surface area contributed by atoms with Crippen LogP contribution in [0.1, 0.15) is 33.1 Å². The van der Waals surface area contributed by atoms with Crippen molar-refractivity contribution in [2.24, 2.45) is 11.8 Å². The summed E-state index contributed by atoms with van der Waals surface area (Å²) in [6.45, 7) is 4.62. The fourth-order valence-corrected chi connectivity index (χ4v) is 2.53. The highest BCUT2D eigenvalue weighted by atomic mass is 16.5. The molecule has 0 heterocycles. The van der Waals surface area contributed by atoms with Gasteiger partial charge < -0.3 is 15.2 Å². The maximum atomic E-state index is 6.04. The van der Waals surface area contributed by atoms with Crippen LogP contribution in [0.5, 0.6) is 11.5 Å². The number of hydrogen-bond acceptors (Lipinski definition) is 3. The first kappa shape index (κ1) is 13.1. The fraction of sp³-hybridized carbons (Fsp3) is 0.600. The summed E-state index contributed by atoms with van der Waals surface area (Å²) in [4.78, 5) is 0. The summed E-state index contributed by atoms with van der Waals surface area (Å²) >= 11 is 0. The largest absolute Gasteiger partial charge is 0.497 e. The van der Waals surface area contributed by atoms with Gasteiger partial charge in [0.15, 0.2) is 0 Å². The Hall–Kier alpha value is -1.38. The quantitative estimate of drug-likeness (QED) is 0.834. The lowest BCUT2D eigenvalue weighted by Crippen LogP contribution is -2.29. The van der Waals surface area contributed by atoms with E-state index in [0.29, 0.717) is 5.69 Å². The van der Waals surface area contributed by atoms with Crippen molar-refractivity contribution in [3.63, 3.8) is 0 Å². The van der Waals surface area contributed by atoms with E-state index in [-0.39, 0.29) is 6.10 Å². The zero-order valence-electron chi connectivity index (χ0n) is 11.5. The first-order chi connectivity index (χ1) is 8.60. The van der Waals surface area contributed by atoms with Gasteiger partial charge in [-0.3, -0.25) is 0 Å². The SMILES string of the molecule is COc1ccc(N)c(OC2CCC(C)C(C)C2)c1. The molecule has 1 aliphatic rings. The molecule has 100 valence electrons. The summed E-state index contributed by atoms with van der Waals surface area (Å²) < 4.78 is 11.2. The number of nitrogens with two attached hydrogens (primary N) is 1. The second kappa shape index (κ2) is 5.51. The molecular formula is C15H23NO2. The minimum Gasteiger partial charge on any atom is -0.497 e. The number of ether oxygens (including phenoxy) is 2. The molecule has 2 N–H and O–H groups in total. The van der Waals surface area contributed by atoms with Crippen LogP contribution >= 0.6 is 0 Å². The van der Waals surface area contributed by atoms with E-state index in [1.54, 1.807) is 7.11 Å². The number of methoxy groups -OCH3 is 1. The second-order valence-electron chi connectivity index (χ2n) is 5.41. The van der Waals surface area contributed by atoms with E-state index in [1.807, 2.05) is 18.2 Å². The van der Waals surface area contributed by atoms with Gasteiger partial charge in [-0.15, -0.1) is 0 Å². The molecule has 0 radical (unpaired) electrons. The van der Waals surface area contributed by atoms with Crippen molar-refractivity contribution in [2.75, 3.05) is 12.8 Å². The highest BCUT2D eigenvalue weighted by Gasteiger charge is 2.26. The highest BCUT2D eigenvalue weighted by Crippen LogP contribution is 2.34. The standard InChI is InChI=1S/C15H23NO2/c1-10-4-5-13(8-11(10)2)18-15-9-12(17-3)6-7-14(15)16/h6-7,9-11,13H,4-5,8,16H2,1-3H3. The Balaban J connectivity index is 2.05. The average Bonchev–Trinajstić information content (AvgIpc) is 2.36. The summed E-state index contributed by atoms with van der Waals surface area (Å²) in [6, 6.07) is 5.56. The number of anilines is 1. The van der Waals surface area contributed by atoms with Gasteiger partial charge in [0.2, 0.25) is 0 Å². The van der Waals surface area contributed by atoms with Gasteiger partial charge in [-0.2, -0.15) is 0 Å². The fourth-order valence-electron chi connectivity index (χ4n) is 2.53. The van der Waals surface area contributed by atoms with Crippen LogP contribution in [0.2, 0.25) is 0 Å². The van der Waals surface area contributed by atoms with Gasteiger partial charge in [0.1, 0.15) is 11.5 Å². The minimum absolute atomic E-state index is 0.283. The van der Waals surface area contributed by atoms with Crippen LogP contribution in [-0.2, 0) is 0 Å². The monoisotopic (exact) mass is 249 g/mol. The molecule has 18 heavy (non-hydrogen) atoms. The van der Waals surface area contributed by atoms with Crippen molar-refractivity contribution in [1.29, 1.82) is 0 Å². The summed E-state index contributed by atoms with van der Waals surface area (Å²) in [5.74, 6) is 3.06. The minimum atomic E-state index is 0.283. The Morgan fingerprint density at radius 2 is 1.94 bits per heavy atom. The Labute approximate surface area is 109 Å². The highest BCUT2D eigenvalue weighted by molar-refractivity contribution is 5.55. The summed E-state index contributed by atoms with van der Waals surface area (Å²) in [5, 5.41) is 0.